The number of aromatic nitrogens is 6. The van der Waals surface area contributed by atoms with Gasteiger partial charge in [0.1, 0.15) is 12.4 Å². The number of alkyl halides is 3. The van der Waals surface area contributed by atoms with Gasteiger partial charge >= 0.3 is 6.18 Å². The molecule has 0 aromatic carbocycles. The van der Waals surface area contributed by atoms with Crippen molar-refractivity contribution >= 4 is 0 Å². The van der Waals surface area contributed by atoms with Gasteiger partial charge in [-0.2, -0.15) is 18.3 Å². The van der Waals surface area contributed by atoms with Gasteiger partial charge in [0.2, 0.25) is 5.88 Å². The van der Waals surface area contributed by atoms with E-state index in [1.807, 2.05) is 11.6 Å². The van der Waals surface area contributed by atoms with Crippen molar-refractivity contribution in [2.45, 2.75) is 88.1 Å². The molecule has 5 heterocycles. The molecule has 12 heteroatoms. The van der Waals surface area contributed by atoms with Crippen molar-refractivity contribution in [2.75, 3.05) is 26.3 Å². The highest BCUT2D eigenvalue weighted by Crippen LogP contribution is 2.43. The summed E-state index contributed by atoms with van der Waals surface area (Å²) < 4.78 is 54.1. The monoisotopic (exact) mass is 585 g/mol. The second-order valence-electron chi connectivity index (χ2n) is 12.9. The number of hydrogen-bond donors (Lipinski definition) is 0. The van der Waals surface area contributed by atoms with Gasteiger partial charge in [-0.1, -0.05) is 0 Å². The van der Waals surface area contributed by atoms with Crippen molar-refractivity contribution in [1.82, 2.24) is 34.4 Å². The van der Waals surface area contributed by atoms with Crippen LogP contribution in [0.25, 0.3) is 0 Å². The molecular weight excluding hydrogens is 547 g/mol. The minimum atomic E-state index is -4.44. The lowest BCUT2D eigenvalue weighted by Crippen LogP contribution is -2.68. The summed E-state index contributed by atoms with van der Waals surface area (Å²) in [6.45, 7) is 4.35. The average Bonchev–Trinajstić information content (AvgIpc) is 3.58. The summed E-state index contributed by atoms with van der Waals surface area (Å²) in [6, 6.07) is 3.05. The number of halogens is 3. The summed E-state index contributed by atoms with van der Waals surface area (Å²) in [4.78, 5) is 6.57. The summed E-state index contributed by atoms with van der Waals surface area (Å²) in [5.74, 6) is 2.16. The van der Waals surface area contributed by atoms with E-state index in [4.69, 9.17) is 14.6 Å². The maximum Gasteiger partial charge on any atom is 0.416 e. The number of hydrogen-bond acceptors (Lipinski definition) is 7. The van der Waals surface area contributed by atoms with Crippen molar-refractivity contribution in [3.63, 3.8) is 0 Å². The zero-order chi connectivity index (χ0) is 28.9. The van der Waals surface area contributed by atoms with E-state index in [9.17, 15) is 13.2 Å². The van der Waals surface area contributed by atoms with Crippen LogP contribution in [-0.4, -0.2) is 66.8 Å². The average molecular weight is 586 g/mol. The Morgan fingerprint density at radius 2 is 1.69 bits per heavy atom. The molecular formula is C30H38F3N7O2. The summed E-state index contributed by atoms with van der Waals surface area (Å²) >= 11 is 0. The molecule has 0 radical (unpaired) electrons. The molecule has 2 saturated carbocycles. The van der Waals surface area contributed by atoms with Crippen molar-refractivity contribution in [3.8, 4) is 5.88 Å². The maximum absolute atomic E-state index is 13.0. The number of likely N-dealkylation sites (tertiary alicyclic amines) is 1. The van der Waals surface area contributed by atoms with Crippen LogP contribution in [0.1, 0.15) is 92.0 Å². The molecule has 3 aromatic rings. The van der Waals surface area contributed by atoms with E-state index in [2.05, 4.69) is 37.2 Å². The van der Waals surface area contributed by atoms with Gasteiger partial charge in [0.25, 0.3) is 0 Å². The number of nitrogens with zero attached hydrogens (tertiary/aromatic N) is 7. The van der Waals surface area contributed by atoms with Gasteiger partial charge in [0.15, 0.2) is 5.82 Å². The molecule has 0 atom stereocenters. The standard InChI is InChI=1S/C30H38F3N7O2/c1-38-26(15-42-27-12-23(10-11-34-27)30(31,32)33)36-37-28(38)21-4-2-20(3-5-21)22-13-35-40(14-22)25-8-6-24(7-9-25)39-16-29(17-39)18-41-19-29/h10-14,20-21,24-25H,2-9,15-19H2,1H3/t20-,21-,24-,25-. The first-order chi connectivity index (χ1) is 20.3. The Balaban J connectivity index is 0.891. The van der Waals surface area contributed by atoms with Gasteiger partial charge in [-0.25, -0.2) is 4.98 Å². The quantitative estimate of drug-likeness (QED) is 0.374. The molecule has 2 saturated heterocycles. The molecule has 0 amide bonds. The Kier molecular flexibility index (Phi) is 7.24. The summed E-state index contributed by atoms with van der Waals surface area (Å²) in [5.41, 5.74) is 1.04. The molecule has 9 nitrogen and oxygen atoms in total. The summed E-state index contributed by atoms with van der Waals surface area (Å²) in [5, 5.41) is 13.5. The Morgan fingerprint density at radius 3 is 2.38 bits per heavy atom. The first kappa shape index (κ1) is 27.8. The lowest BCUT2D eigenvalue weighted by Gasteiger charge is -2.58. The van der Waals surface area contributed by atoms with Gasteiger partial charge in [0.05, 0.1) is 31.0 Å². The Bertz CT molecular complexity index is 1380. The third-order valence-corrected chi connectivity index (χ3v) is 10.0. The molecule has 0 unspecified atom stereocenters. The van der Waals surface area contributed by atoms with Crippen molar-refractivity contribution < 1.29 is 22.6 Å². The maximum atomic E-state index is 13.0. The van der Waals surface area contributed by atoms with E-state index in [-0.39, 0.29) is 18.4 Å². The summed E-state index contributed by atoms with van der Waals surface area (Å²) in [6.07, 6.45) is 10.1. The zero-order valence-electron chi connectivity index (χ0n) is 24.0. The molecule has 0 bridgehead atoms. The van der Waals surface area contributed by atoms with Crippen LogP contribution in [0.15, 0.2) is 30.7 Å². The minimum Gasteiger partial charge on any atom is -0.469 e. The lowest BCUT2D eigenvalue weighted by atomic mass is 9.75. The van der Waals surface area contributed by atoms with E-state index in [1.165, 1.54) is 44.3 Å². The van der Waals surface area contributed by atoms with Crippen molar-refractivity contribution in [1.29, 1.82) is 0 Å². The van der Waals surface area contributed by atoms with Crippen LogP contribution in [0.5, 0.6) is 5.88 Å². The normalized spacial score (nSPS) is 27.9. The van der Waals surface area contributed by atoms with Crippen LogP contribution < -0.4 is 4.74 Å². The molecule has 2 aliphatic heterocycles. The smallest absolute Gasteiger partial charge is 0.416 e. The second-order valence-corrected chi connectivity index (χ2v) is 12.9. The van der Waals surface area contributed by atoms with Gasteiger partial charge < -0.3 is 14.0 Å². The third kappa shape index (κ3) is 5.43. The minimum absolute atomic E-state index is 0.00201. The van der Waals surface area contributed by atoms with Gasteiger partial charge in [-0.05, 0) is 68.9 Å². The Hall–Kier alpha value is -2.99. The summed E-state index contributed by atoms with van der Waals surface area (Å²) in [7, 11) is 1.89. The number of ether oxygens (including phenoxy) is 2. The fourth-order valence-electron chi connectivity index (χ4n) is 7.44. The topological polar surface area (TPSA) is 83.1 Å². The van der Waals surface area contributed by atoms with E-state index >= 15 is 0 Å². The highest BCUT2D eigenvalue weighted by atomic mass is 19.4. The first-order valence-corrected chi connectivity index (χ1v) is 15.2. The molecule has 3 aromatic heterocycles. The first-order valence-electron chi connectivity index (χ1n) is 15.2. The molecule has 1 spiro atoms. The predicted molar refractivity (Wildman–Crippen MR) is 147 cm³/mol. The van der Waals surface area contributed by atoms with E-state index in [0.29, 0.717) is 23.2 Å². The number of pyridine rings is 1. The fourth-order valence-corrected chi connectivity index (χ4v) is 7.44. The SMILES string of the molecule is Cn1c(COc2cc(C(F)(F)F)ccn2)nnc1[C@H]1CC[C@H](c2cnn([C@H]3CC[C@H](N4CC5(COC5)C4)CC3)c2)CC1. The molecule has 7 rings (SSSR count). The van der Waals surface area contributed by atoms with Crippen LogP contribution in [0, 0.1) is 5.41 Å². The lowest BCUT2D eigenvalue weighted by molar-refractivity contribution is -0.200. The highest BCUT2D eigenvalue weighted by Gasteiger charge is 2.51. The molecule has 226 valence electrons. The van der Waals surface area contributed by atoms with Crippen LogP contribution in [0.2, 0.25) is 0 Å². The largest absolute Gasteiger partial charge is 0.469 e. The van der Waals surface area contributed by atoms with Gasteiger partial charge in [-0.3, -0.25) is 9.58 Å². The van der Waals surface area contributed by atoms with Gasteiger partial charge in [-0.15, -0.1) is 10.2 Å². The van der Waals surface area contributed by atoms with Crippen LogP contribution >= 0.6 is 0 Å². The van der Waals surface area contributed by atoms with E-state index < -0.39 is 11.7 Å². The second kappa shape index (κ2) is 10.9. The highest BCUT2D eigenvalue weighted by molar-refractivity contribution is 5.23. The van der Waals surface area contributed by atoms with Crippen LogP contribution in [-0.2, 0) is 24.6 Å². The number of rotatable bonds is 7. The fraction of sp³-hybridized carbons (Fsp3) is 0.667. The van der Waals surface area contributed by atoms with Crippen LogP contribution in [0.4, 0.5) is 13.2 Å². The van der Waals surface area contributed by atoms with Crippen molar-refractivity contribution in [2.24, 2.45) is 12.5 Å². The Morgan fingerprint density at radius 1 is 0.976 bits per heavy atom. The molecule has 42 heavy (non-hydrogen) atoms. The van der Waals surface area contributed by atoms with Crippen molar-refractivity contribution in [3.05, 3.63) is 53.5 Å². The van der Waals surface area contributed by atoms with E-state index in [1.54, 1.807) is 0 Å². The third-order valence-electron chi connectivity index (χ3n) is 10.0. The molecule has 2 aliphatic carbocycles. The van der Waals surface area contributed by atoms with Gasteiger partial charge in [0, 0.05) is 56.0 Å². The van der Waals surface area contributed by atoms with E-state index in [0.717, 1.165) is 69.1 Å². The predicted octanol–water partition coefficient (Wildman–Crippen LogP) is 5.26. The zero-order valence-corrected chi connectivity index (χ0v) is 24.0. The van der Waals surface area contributed by atoms with Crippen LogP contribution in [0.3, 0.4) is 0 Å². The molecule has 0 N–H and O–H groups in total. The molecule has 4 aliphatic rings. The Labute approximate surface area is 243 Å². The molecule has 4 fully saturated rings.